The molecule has 0 aliphatic rings. The molecule has 2 aromatic carbocycles. The van der Waals surface area contributed by atoms with E-state index in [0.29, 0.717) is 0 Å². The highest BCUT2D eigenvalue weighted by molar-refractivity contribution is 5.70. The molecule has 0 saturated heterocycles. The number of fused-ring (bicyclic) bond motifs is 1. The molecule has 5 nitrogen and oxygen atoms in total. The van der Waals surface area contributed by atoms with Crippen LogP contribution in [0.5, 0.6) is 0 Å². The number of nitro groups is 1. The molecule has 0 saturated carbocycles. The molecule has 0 atom stereocenters. The van der Waals surface area contributed by atoms with Crippen molar-refractivity contribution in [3.05, 3.63) is 89.2 Å². The first kappa shape index (κ1) is 14.1. The highest BCUT2D eigenvalue weighted by Crippen LogP contribution is 2.26. The van der Waals surface area contributed by atoms with E-state index in [1.165, 1.54) is 12.1 Å². The molecule has 0 N–H and O–H groups in total. The lowest BCUT2D eigenvalue weighted by molar-refractivity contribution is -0.384. The summed E-state index contributed by atoms with van der Waals surface area (Å²) in [6, 6.07) is 20.6. The van der Waals surface area contributed by atoms with E-state index in [9.17, 15) is 10.1 Å². The predicted molar refractivity (Wildman–Crippen MR) is 92.7 cm³/mol. The molecule has 0 fully saturated rings. The van der Waals surface area contributed by atoms with Crippen molar-refractivity contribution in [2.45, 2.75) is 0 Å². The third kappa shape index (κ3) is 2.42. The van der Waals surface area contributed by atoms with Gasteiger partial charge in [-0.25, -0.2) is 4.98 Å². The second kappa shape index (κ2) is 5.62. The minimum atomic E-state index is -0.393. The summed E-state index contributed by atoms with van der Waals surface area (Å²) in [5.41, 5.74) is 4.12. The van der Waals surface area contributed by atoms with E-state index >= 15 is 0 Å². The Bertz CT molecular complexity index is 1020. The maximum atomic E-state index is 10.7. The first-order chi connectivity index (χ1) is 11.7. The average molecular weight is 315 g/mol. The number of rotatable bonds is 3. The zero-order chi connectivity index (χ0) is 16.5. The standard InChI is InChI=1S/C19H13N3O2/c23-22(24)17-10-8-15(9-11-17)14-4-6-16(7-5-14)19-20-13-18-3-1-2-12-21(18)19/h1-13H. The van der Waals surface area contributed by atoms with Gasteiger partial charge < -0.3 is 0 Å². The van der Waals surface area contributed by atoms with Crippen LogP contribution in [-0.4, -0.2) is 14.3 Å². The monoisotopic (exact) mass is 315 g/mol. The lowest BCUT2D eigenvalue weighted by Gasteiger charge is -2.05. The molecule has 0 bridgehead atoms. The number of imidazole rings is 1. The molecular weight excluding hydrogens is 302 g/mol. The van der Waals surface area contributed by atoms with E-state index in [1.54, 1.807) is 12.1 Å². The van der Waals surface area contributed by atoms with Crippen molar-refractivity contribution >= 4 is 11.2 Å². The van der Waals surface area contributed by atoms with Crippen molar-refractivity contribution in [1.29, 1.82) is 0 Å². The highest BCUT2D eigenvalue weighted by atomic mass is 16.6. The number of nitro benzene ring substituents is 1. The molecular formula is C19H13N3O2. The number of pyridine rings is 1. The summed E-state index contributed by atoms with van der Waals surface area (Å²) in [6.07, 6.45) is 3.83. The Morgan fingerprint density at radius 2 is 1.46 bits per heavy atom. The topological polar surface area (TPSA) is 60.4 Å². The van der Waals surface area contributed by atoms with Gasteiger partial charge in [0, 0.05) is 23.9 Å². The quantitative estimate of drug-likeness (QED) is 0.411. The fourth-order valence-electron chi connectivity index (χ4n) is 2.74. The SMILES string of the molecule is O=[N+]([O-])c1ccc(-c2ccc(-c3ncc4ccccn34)cc2)cc1. The normalized spacial score (nSPS) is 10.8. The van der Waals surface area contributed by atoms with Gasteiger partial charge in [-0.15, -0.1) is 0 Å². The zero-order valence-corrected chi connectivity index (χ0v) is 12.7. The number of aromatic nitrogens is 2. The van der Waals surface area contributed by atoms with Gasteiger partial charge in [-0.2, -0.15) is 0 Å². The van der Waals surface area contributed by atoms with Crippen LogP contribution >= 0.6 is 0 Å². The lowest BCUT2D eigenvalue weighted by atomic mass is 10.0. The van der Waals surface area contributed by atoms with E-state index in [4.69, 9.17) is 0 Å². The van der Waals surface area contributed by atoms with E-state index in [0.717, 1.165) is 28.0 Å². The summed E-state index contributed by atoms with van der Waals surface area (Å²) >= 11 is 0. The predicted octanol–water partition coefficient (Wildman–Crippen LogP) is 4.58. The van der Waals surface area contributed by atoms with Gasteiger partial charge in [0.05, 0.1) is 16.6 Å². The Morgan fingerprint density at radius 1 is 0.833 bits per heavy atom. The first-order valence-corrected chi connectivity index (χ1v) is 7.50. The molecule has 0 aliphatic carbocycles. The van der Waals surface area contributed by atoms with Gasteiger partial charge >= 0.3 is 0 Å². The number of hydrogen-bond donors (Lipinski definition) is 0. The molecule has 4 aromatic rings. The van der Waals surface area contributed by atoms with Gasteiger partial charge in [-0.05, 0) is 35.4 Å². The third-order valence-electron chi connectivity index (χ3n) is 3.99. The smallest absolute Gasteiger partial charge is 0.269 e. The second-order valence-corrected chi connectivity index (χ2v) is 5.46. The molecule has 0 amide bonds. The van der Waals surface area contributed by atoms with Gasteiger partial charge in [0.25, 0.3) is 5.69 Å². The van der Waals surface area contributed by atoms with Gasteiger partial charge in [-0.3, -0.25) is 14.5 Å². The fourth-order valence-corrected chi connectivity index (χ4v) is 2.74. The number of non-ortho nitro benzene ring substituents is 1. The van der Waals surface area contributed by atoms with Crippen LogP contribution in [0.25, 0.3) is 28.0 Å². The number of nitrogens with zero attached hydrogens (tertiary/aromatic N) is 3. The molecule has 24 heavy (non-hydrogen) atoms. The molecule has 0 unspecified atom stereocenters. The van der Waals surface area contributed by atoms with Gasteiger partial charge in [0.2, 0.25) is 0 Å². The summed E-state index contributed by atoms with van der Waals surface area (Å²) in [7, 11) is 0. The molecule has 0 spiro atoms. The largest absolute Gasteiger partial charge is 0.300 e. The Balaban J connectivity index is 1.68. The Morgan fingerprint density at radius 3 is 2.12 bits per heavy atom. The van der Waals surface area contributed by atoms with Crippen LogP contribution in [0, 0.1) is 10.1 Å². The molecule has 116 valence electrons. The van der Waals surface area contributed by atoms with E-state index in [1.807, 2.05) is 59.3 Å². The first-order valence-electron chi connectivity index (χ1n) is 7.50. The van der Waals surface area contributed by atoms with Crippen LogP contribution in [0.15, 0.2) is 79.1 Å². The Kier molecular flexibility index (Phi) is 3.31. The number of benzene rings is 2. The van der Waals surface area contributed by atoms with E-state index < -0.39 is 4.92 Å². The van der Waals surface area contributed by atoms with Crippen LogP contribution in [0.3, 0.4) is 0 Å². The summed E-state index contributed by atoms with van der Waals surface area (Å²) in [5, 5.41) is 10.7. The Labute approximate surface area is 138 Å². The van der Waals surface area contributed by atoms with Gasteiger partial charge in [0.15, 0.2) is 0 Å². The third-order valence-corrected chi connectivity index (χ3v) is 3.99. The second-order valence-electron chi connectivity index (χ2n) is 5.46. The van der Waals surface area contributed by atoms with Crippen LogP contribution in [0.2, 0.25) is 0 Å². The zero-order valence-electron chi connectivity index (χ0n) is 12.7. The summed E-state index contributed by atoms with van der Waals surface area (Å²) in [4.78, 5) is 14.8. The minimum Gasteiger partial charge on any atom is -0.300 e. The molecule has 0 aliphatic heterocycles. The summed E-state index contributed by atoms with van der Waals surface area (Å²) < 4.78 is 2.04. The fraction of sp³-hybridized carbons (Fsp3) is 0. The van der Waals surface area contributed by atoms with Crippen molar-refractivity contribution in [3.8, 4) is 22.5 Å². The van der Waals surface area contributed by atoms with Crippen LogP contribution in [0.4, 0.5) is 5.69 Å². The number of hydrogen-bond acceptors (Lipinski definition) is 3. The van der Waals surface area contributed by atoms with Crippen molar-refractivity contribution < 1.29 is 4.92 Å². The Hall–Kier alpha value is -3.47. The maximum Gasteiger partial charge on any atom is 0.269 e. The van der Waals surface area contributed by atoms with Crippen LogP contribution in [-0.2, 0) is 0 Å². The molecule has 4 rings (SSSR count). The minimum absolute atomic E-state index is 0.0965. The van der Waals surface area contributed by atoms with Crippen molar-refractivity contribution in [2.24, 2.45) is 0 Å². The summed E-state index contributed by atoms with van der Waals surface area (Å²) in [5.74, 6) is 0.890. The lowest BCUT2D eigenvalue weighted by Crippen LogP contribution is -1.89. The average Bonchev–Trinajstić information content (AvgIpc) is 3.06. The molecule has 5 heteroatoms. The van der Waals surface area contributed by atoms with Crippen LogP contribution < -0.4 is 0 Å². The van der Waals surface area contributed by atoms with E-state index in [2.05, 4.69) is 4.98 Å². The summed E-state index contributed by atoms with van der Waals surface area (Å²) in [6.45, 7) is 0. The van der Waals surface area contributed by atoms with Crippen molar-refractivity contribution in [2.75, 3.05) is 0 Å². The molecule has 2 heterocycles. The van der Waals surface area contributed by atoms with E-state index in [-0.39, 0.29) is 5.69 Å². The van der Waals surface area contributed by atoms with Gasteiger partial charge in [-0.1, -0.05) is 30.3 Å². The molecule has 2 aromatic heterocycles. The van der Waals surface area contributed by atoms with Crippen molar-refractivity contribution in [3.63, 3.8) is 0 Å². The highest BCUT2D eigenvalue weighted by Gasteiger charge is 2.08. The maximum absolute atomic E-state index is 10.7. The van der Waals surface area contributed by atoms with Crippen molar-refractivity contribution in [1.82, 2.24) is 9.38 Å². The van der Waals surface area contributed by atoms with Gasteiger partial charge in [0.1, 0.15) is 5.82 Å². The molecule has 0 radical (unpaired) electrons. The van der Waals surface area contributed by atoms with Crippen LogP contribution in [0.1, 0.15) is 0 Å².